The summed E-state index contributed by atoms with van der Waals surface area (Å²) in [4.78, 5) is 15.4. The molecule has 0 spiro atoms. The van der Waals surface area contributed by atoms with Crippen LogP contribution < -0.4 is 4.90 Å². The fourth-order valence-electron chi connectivity index (χ4n) is 5.40. The summed E-state index contributed by atoms with van der Waals surface area (Å²) in [7, 11) is 2.01. The molecule has 0 amide bonds. The van der Waals surface area contributed by atoms with Crippen LogP contribution in [0.25, 0.3) is 11.3 Å². The van der Waals surface area contributed by atoms with Crippen molar-refractivity contribution in [2.24, 2.45) is 0 Å². The molecule has 1 aromatic heterocycles. The number of aliphatic hydroxyl groups excluding tert-OH is 1. The van der Waals surface area contributed by atoms with E-state index in [0.717, 1.165) is 74.5 Å². The van der Waals surface area contributed by atoms with Crippen LogP contribution in [0, 0.1) is 11.3 Å². The molecule has 0 radical (unpaired) electrons. The van der Waals surface area contributed by atoms with Gasteiger partial charge in [-0.3, -0.25) is 9.58 Å². The van der Waals surface area contributed by atoms with Crippen molar-refractivity contribution in [2.45, 2.75) is 38.7 Å². The second-order valence-corrected chi connectivity index (χ2v) is 10.3. The molecular formula is C30H35F3N6O2. The molecule has 2 aromatic carbocycles. The van der Waals surface area contributed by atoms with E-state index >= 15 is 0 Å². The van der Waals surface area contributed by atoms with Crippen molar-refractivity contribution in [3.8, 4) is 17.3 Å². The molecule has 2 aliphatic rings. The van der Waals surface area contributed by atoms with Gasteiger partial charge in [-0.2, -0.15) is 23.5 Å². The number of nitriles is 1. The van der Waals surface area contributed by atoms with Crippen LogP contribution in [0.3, 0.4) is 0 Å². The zero-order valence-corrected chi connectivity index (χ0v) is 23.3. The molecule has 1 unspecified atom stereocenters. The largest absolute Gasteiger partial charge is 0.416 e. The van der Waals surface area contributed by atoms with E-state index < -0.39 is 17.8 Å². The van der Waals surface area contributed by atoms with E-state index in [1.165, 1.54) is 19.1 Å². The Balaban J connectivity index is 0.00000124. The number of anilines is 1. The van der Waals surface area contributed by atoms with Crippen LogP contribution in [0.4, 0.5) is 18.9 Å². The lowest BCUT2D eigenvalue weighted by Crippen LogP contribution is -2.49. The maximum Gasteiger partial charge on any atom is 0.416 e. The van der Waals surface area contributed by atoms with Gasteiger partial charge in [0.05, 0.1) is 35.2 Å². The number of benzene rings is 2. The second-order valence-electron chi connectivity index (χ2n) is 10.3. The van der Waals surface area contributed by atoms with Crippen molar-refractivity contribution in [3.63, 3.8) is 0 Å². The number of alkyl halides is 3. The van der Waals surface area contributed by atoms with Gasteiger partial charge >= 0.3 is 6.18 Å². The number of fused-ring (bicyclic) bond motifs is 1. The highest BCUT2D eigenvalue weighted by Crippen LogP contribution is 2.34. The maximum absolute atomic E-state index is 13.1. The molecule has 5 rings (SSSR count). The minimum Gasteiger partial charge on any atom is -0.390 e. The van der Waals surface area contributed by atoms with Gasteiger partial charge in [-0.25, -0.2) is 0 Å². The van der Waals surface area contributed by atoms with E-state index in [1.807, 2.05) is 36.0 Å². The molecule has 3 heterocycles. The molecule has 1 saturated heterocycles. The first kappa shape index (κ1) is 30.2. The maximum atomic E-state index is 13.1. The number of carbonyl (C=O) groups is 1. The van der Waals surface area contributed by atoms with E-state index in [4.69, 9.17) is 9.89 Å². The number of likely N-dealkylation sites (N-methyl/N-ethyl adjacent to an activating group) is 1. The lowest BCUT2D eigenvalue weighted by atomic mass is 10.0. The van der Waals surface area contributed by atoms with E-state index in [9.17, 15) is 23.5 Å². The summed E-state index contributed by atoms with van der Waals surface area (Å²) in [5.74, 6) is 0. The Morgan fingerprint density at radius 2 is 1.71 bits per heavy atom. The highest BCUT2D eigenvalue weighted by molar-refractivity contribution is 5.65. The molecule has 8 nitrogen and oxygen atoms in total. The Morgan fingerprint density at radius 1 is 1.05 bits per heavy atom. The van der Waals surface area contributed by atoms with Crippen LogP contribution in [0.15, 0.2) is 48.5 Å². The molecule has 2 aliphatic heterocycles. The zero-order chi connectivity index (χ0) is 29.6. The monoisotopic (exact) mass is 568 g/mol. The molecule has 218 valence electrons. The zero-order valence-electron chi connectivity index (χ0n) is 23.3. The predicted octanol–water partition coefficient (Wildman–Crippen LogP) is 3.82. The lowest BCUT2D eigenvalue weighted by molar-refractivity contribution is -0.137. The topological polar surface area (TPSA) is 88.6 Å². The Hall–Kier alpha value is -3.72. The molecule has 0 aliphatic carbocycles. The predicted molar refractivity (Wildman–Crippen MR) is 150 cm³/mol. The summed E-state index contributed by atoms with van der Waals surface area (Å²) in [5.41, 5.74) is 4.30. The number of piperazine rings is 1. The molecule has 0 saturated carbocycles. The highest BCUT2D eigenvalue weighted by atomic mass is 19.4. The first-order chi connectivity index (χ1) is 19.6. The van der Waals surface area contributed by atoms with E-state index in [1.54, 1.807) is 0 Å². The van der Waals surface area contributed by atoms with Crippen molar-refractivity contribution in [2.75, 3.05) is 51.2 Å². The number of aromatic nitrogens is 2. The Labute approximate surface area is 238 Å². The van der Waals surface area contributed by atoms with Crippen LogP contribution in [0.1, 0.15) is 29.3 Å². The molecule has 41 heavy (non-hydrogen) atoms. The third-order valence-electron chi connectivity index (χ3n) is 7.40. The lowest BCUT2D eigenvalue weighted by Gasteiger charge is -2.37. The van der Waals surface area contributed by atoms with Gasteiger partial charge in [-0.05, 0) is 38.2 Å². The first-order valence-corrected chi connectivity index (χ1v) is 13.6. The van der Waals surface area contributed by atoms with Crippen LogP contribution in [-0.4, -0.2) is 83.4 Å². The van der Waals surface area contributed by atoms with Crippen LogP contribution in [0.5, 0.6) is 0 Å². The van der Waals surface area contributed by atoms with Crippen LogP contribution in [-0.2, 0) is 30.5 Å². The quantitative estimate of drug-likeness (QED) is 0.453. The third kappa shape index (κ3) is 7.33. The summed E-state index contributed by atoms with van der Waals surface area (Å²) in [6.45, 7) is 6.87. The second kappa shape index (κ2) is 13.3. The summed E-state index contributed by atoms with van der Waals surface area (Å²) < 4.78 is 41.0. The third-order valence-corrected chi connectivity index (χ3v) is 7.40. The van der Waals surface area contributed by atoms with E-state index in [0.29, 0.717) is 36.5 Å². The standard InChI is InChI=1S/C28H31F3N6O.C2H4O/c1-34-11-10-26-24(19-34)27(20-6-8-22(9-7-20)28(29,30)31)33-37(26)18-23(38)17-35-12-14-36(15-13-35)25-5-3-2-4-21(25)16-32;1-2-3/h2-9,23,38H,10-15,17-19H2,1H3;2H,1H3. The fourth-order valence-corrected chi connectivity index (χ4v) is 5.40. The molecule has 3 aromatic rings. The van der Waals surface area contributed by atoms with Crippen molar-refractivity contribution in [1.29, 1.82) is 5.26 Å². The van der Waals surface area contributed by atoms with E-state index in [2.05, 4.69) is 20.8 Å². The molecule has 0 bridgehead atoms. The van der Waals surface area contributed by atoms with Gasteiger partial charge in [0.2, 0.25) is 0 Å². The van der Waals surface area contributed by atoms with Crippen molar-refractivity contribution >= 4 is 12.0 Å². The molecule has 11 heteroatoms. The number of β-amino-alcohol motifs (C(OH)–C–C–N with tert-alkyl or cyclic N) is 1. The molecule has 1 fully saturated rings. The van der Waals surface area contributed by atoms with Crippen molar-refractivity contribution in [1.82, 2.24) is 19.6 Å². The van der Waals surface area contributed by atoms with Gasteiger partial charge in [0, 0.05) is 69.1 Å². The van der Waals surface area contributed by atoms with Crippen LogP contribution >= 0.6 is 0 Å². The number of halogens is 3. The van der Waals surface area contributed by atoms with Gasteiger partial charge in [0.15, 0.2) is 0 Å². The van der Waals surface area contributed by atoms with Crippen molar-refractivity contribution in [3.05, 3.63) is 70.9 Å². The summed E-state index contributed by atoms with van der Waals surface area (Å²) in [6, 6.07) is 15.0. The van der Waals surface area contributed by atoms with Gasteiger partial charge in [0.25, 0.3) is 0 Å². The average Bonchev–Trinajstić information content (AvgIpc) is 3.30. The van der Waals surface area contributed by atoms with Gasteiger partial charge in [0.1, 0.15) is 12.4 Å². The number of aldehydes is 1. The first-order valence-electron chi connectivity index (χ1n) is 13.6. The Kier molecular flexibility index (Phi) is 9.81. The minimum atomic E-state index is -4.38. The number of hydrogen-bond acceptors (Lipinski definition) is 7. The van der Waals surface area contributed by atoms with Gasteiger partial charge in [-0.1, -0.05) is 24.3 Å². The summed E-state index contributed by atoms with van der Waals surface area (Å²) >= 11 is 0. The highest BCUT2D eigenvalue weighted by Gasteiger charge is 2.31. The number of carbonyl (C=O) groups excluding carboxylic acids is 1. The summed E-state index contributed by atoms with van der Waals surface area (Å²) in [6.07, 6.45) is -3.51. The molecule has 1 atom stereocenters. The average molecular weight is 569 g/mol. The van der Waals surface area contributed by atoms with Gasteiger partial charge in [-0.15, -0.1) is 0 Å². The van der Waals surface area contributed by atoms with Gasteiger partial charge < -0.3 is 19.7 Å². The number of aliphatic hydroxyl groups is 1. The molecular weight excluding hydrogens is 533 g/mol. The number of para-hydroxylation sites is 1. The Bertz CT molecular complexity index is 1360. The van der Waals surface area contributed by atoms with E-state index in [-0.39, 0.29) is 0 Å². The van der Waals surface area contributed by atoms with Crippen LogP contribution in [0.2, 0.25) is 0 Å². The number of rotatable bonds is 6. The smallest absolute Gasteiger partial charge is 0.390 e. The number of hydrogen-bond donors (Lipinski definition) is 1. The Morgan fingerprint density at radius 3 is 2.34 bits per heavy atom. The molecule has 1 N–H and O–H groups in total. The van der Waals surface area contributed by atoms with Crippen molar-refractivity contribution < 1.29 is 23.1 Å². The normalized spacial score (nSPS) is 16.8. The minimum absolute atomic E-state index is 0.324. The summed E-state index contributed by atoms with van der Waals surface area (Å²) in [5, 5.41) is 25.2. The fraction of sp³-hybridized carbons (Fsp3) is 0.433. The number of nitrogens with zero attached hydrogens (tertiary/aromatic N) is 6. The SMILES string of the molecule is CC=O.CN1CCc2c(c(-c3ccc(C(F)(F)F)cc3)nn2CC(O)CN2CCN(c3ccccc3C#N)CC2)C1.